The minimum atomic E-state index is -0.407. The highest BCUT2D eigenvalue weighted by Gasteiger charge is 2.11. The van der Waals surface area contributed by atoms with Crippen LogP contribution in [-0.4, -0.2) is 28.5 Å². The molecule has 0 saturated carbocycles. The zero-order chi connectivity index (χ0) is 19.8. The molecule has 28 heavy (non-hydrogen) atoms. The molecule has 2 aromatic carbocycles. The molecule has 3 aromatic rings. The summed E-state index contributed by atoms with van der Waals surface area (Å²) in [5.74, 6) is -0.506. The van der Waals surface area contributed by atoms with Gasteiger partial charge in [0.2, 0.25) is 5.88 Å². The Hall–Kier alpha value is -3.74. The van der Waals surface area contributed by atoms with Gasteiger partial charge in [-0.2, -0.15) is 0 Å². The minimum Gasteiger partial charge on any atom is -0.473 e. The van der Waals surface area contributed by atoms with Gasteiger partial charge in [0.05, 0.1) is 12.2 Å². The lowest BCUT2D eigenvalue weighted by Gasteiger charge is -2.08. The minimum absolute atomic E-state index is 0.174. The molecular formula is C21H19N3O4. The molecule has 0 aliphatic rings. The predicted molar refractivity (Wildman–Crippen MR) is 103 cm³/mol. The molecule has 3 rings (SSSR count). The number of hydrogen-bond acceptors (Lipinski definition) is 6. The van der Waals surface area contributed by atoms with E-state index in [2.05, 4.69) is 15.3 Å². The third kappa shape index (κ3) is 5.14. The number of benzene rings is 2. The largest absolute Gasteiger partial charge is 0.473 e. The summed E-state index contributed by atoms with van der Waals surface area (Å²) >= 11 is 0. The zero-order valence-corrected chi connectivity index (χ0v) is 15.3. The highest BCUT2D eigenvalue weighted by atomic mass is 16.5. The van der Waals surface area contributed by atoms with E-state index in [1.807, 2.05) is 30.3 Å². The maximum atomic E-state index is 12.4. The van der Waals surface area contributed by atoms with Gasteiger partial charge in [-0.15, -0.1) is 0 Å². The molecule has 1 aromatic heterocycles. The van der Waals surface area contributed by atoms with E-state index in [-0.39, 0.29) is 5.69 Å². The predicted octanol–water partition coefficient (Wildman–Crippen LogP) is 3.48. The number of rotatable bonds is 7. The van der Waals surface area contributed by atoms with Crippen molar-refractivity contribution >= 4 is 17.6 Å². The van der Waals surface area contributed by atoms with E-state index in [1.54, 1.807) is 31.2 Å². The first kappa shape index (κ1) is 19.0. The summed E-state index contributed by atoms with van der Waals surface area (Å²) in [6, 6.07) is 17.5. The number of carbonyl (C=O) groups is 2. The maximum Gasteiger partial charge on any atom is 0.338 e. The molecule has 0 saturated heterocycles. The molecule has 0 aliphatic heterocycles. The van der Waals surface area contributed by atoms with Crippen LogP contribution in [0.15, 0.2) is 67.0 Å². The van der Waals surface area contributed by atoms with E-state index < -0.39 is 11.9 Å². The van der Waals surface area contributed by atoms with Crippen LogP contribution in [0.3, 0.4) is 0 Å². The van der Waals surface area contributed by atoms with Crippen LogP contribution >= 0.6 is 0 Å². The highest BCUT2D eigenvalue weighted by Crippen LogP contribution is 2.14. The number of ether oxygens (including phenoxy) is 2. The van der Waals surface area contributed by atoms with Crippen molar-refractivity contribution in [2.24, 2.45) is 0 Å². The first-order valence-corrected chi connectivity index (χ1v) is 8.73. The number of nitrogens with zero attached hydrogens (tertiary/aromatic N) is 2. The summed E-state index contributed by atoms with van der Waals surface area (Å²) in [7, 11) is 0. The fourth-order valence-corrected chi connectivity index (χ4v) is 2.37. The lowest BCUT2D eigenvalue weighted by molar-refractivity contribution is 0.0526. The molecular weight excluding hydrogens is 358 g/mol. The topological polar surface area (TPSA) is 90.4 Å². The maximum absolute atomic E-state index is 12.4. The molecule has 0 atom stereocenters. The van der Waals surface area contributed by atoms with Crippen LogP contribution in [0.1, 0.15) is 33.3 Å². The van der Waals surface area contributed by atoms with E-state index in [4.69, 9.17) is 9.47 Å². The van der Waals surface area contributed by atoms with E-state index in [0.717, 1.165) is 5.56 Å². The Morgan fingerprint density at radius 3 is 2.46 bits per heavy atom. The normalized spacial score (nSPS) is 10.2. The Balaban J connectivity index is 1.62. The monoisotopic (exact) mass is 377 g/mol. The van der Waals surface area contributed by atoms with Crippen LogP contribution in [0.2, 0.25) is 0 Å². The molecule has 0 aliphatic carbocycles. The summed E-state index contributed by atoms with van der Waals surface area (Å²) in [5, 5.41) is 2.72. The molecule has 0 unspecified atom stereocenters. The number of esters is 1. The molecule has 0 bridgehead atoms. The number of carbonyl (C=O) groups excluding carboxylic acids is 2. The Morgan fingerprint density at radius 2 is 1.75 bits per heavy atom. The Kier molecular flexibility index (Phi) is 6.30. The molecule has 0 fully saturated rings. The first-order valence-electron chi connectivity index (χ1n) is 8.73. The SMILES string of the molecule is CCOC(=O)c1ccc(NC(=O)c2cc(OCc3ccccc3)ncn2)cc1. The van der Waals surface area contributed by atoms with Gasteiger partial charge in [-0.25, -0.2) is 14.8 Å². The Morgan fingerprint density at radius 1 is 1.00 bits per heavy atom. The van der Waals surface area contributed by atoms with Gasteiger partial charge < -0.3 is 14.8 Å². The zero-order valence-electron chi connectivity index (χ0n) is 15.3. The smallest absolute Gasteiger partial charge is 0.338 e. The van der Waals surface area contributed by atoms with Crippen LogP contribution in [0.4, 0.5) is 5.69 Å². The lowest BCUT2D eigenvalue weighted by atomic mass is 10.2. The highest BCUT2D eigenvalue weighted by molar-refractivity contribution is 6.03. The number of aromatic nitrogens is 2. The second-order valence-corrected chi connectivity index (χ2v) is 5.77. The molecule has 7 nitrogen and oxygen atoms in total. The van der Waals surface area contributed by atoms with Crippen LogP contribution < -0.4 is 10.1 Å². The van der Waals surface area contributed by atoms with Gasteiger partial charge in [-0.3, -0.25) is 4.79 Å². The molecule has 142 valence electrons. The standard InChI is InChI=1S/C21H19N3O4/c1-2-27-21(26)16-8-10-17(11-9-16)24-20(25)18-12-19(23-14-22-18)28-13-15-6-4-3-5-7-15/h3-12,14H,2,13H2,1H3,(H,24,25). The van der Waals surface area contributed by atoms with Gasteiger partial charge in [0, 0.05) is 11.8 Å². The Labute approximate surface area is 162 Å². The number of nitrogens with one attached hydrogen (secondary N) is 1. The van der Waals surface area contributed by atoms with Crippen molar-refractivity contribution in [1.29, 1.82) is 0 Å². The molecule has 1 N–H and O–H groups in total. The van der Waals surface area contributed by atoms with Crippen molar-refractivity contribution in [3.8, 4) is 5.88 Å². The average molecular weight is 377 g/mol. The van der Waals surface area contributed by atoms with E-state index >= 15 is 0 Å². The molecule has 0 spiro atoms. The number of amides is 1. The summed E-state index contributed by atoms with van der Waals surface area (Å²) in [4.78, 5) is 32.1. The second kappa shape index (κ2) is 9.27. The number of hydrogen-bond donors (Lipinski definition) is 1. The summed E-state index contributed by atoms with van der Waals surface area (Å²) in [6.07, 6.45) is 1.28. The van der Waals surface area contributed by atoms with Crippen LogP contribution in [0, 0.1) is 0 Å². The van der Waals surface area contributed by atoms with Crippen LogP contribution in [-0.2, 0) is 11.3 Å². The van der Waals surface area contributed by atoms with E-state index in [1.165, 1.54) is 12.4 Å². The van der Waals surface area contributed by atoms with Crippen molar-refractivity contribution in [1.82, 2.24) is 9.97 Å². The molecule has 7 heteroatoms. The van der Waals surface area contributed by atoms with Crippen molar-refractivity contribution in [3.63, 3.8) is 0 Å². The van der Waals surface area contributed by atoms with E-state index in [9.17, 15) is 9.59 Å². The molecule has 1 amide bonds. The van der Waals surface area contributed by atoms with Crippen LogP contribution in [0.25, 0.3) is 0 Å². The van der Waals surface area contributed by atoms with Crippen molar-refractivity contribution in [2.45, 2.75) is 13.5 Å². The van der Waals surface area contributed by atoms with Crippen molar-refractivity contribution in [2.75, 3.05) is 11.9 Å². The fraction of sp³-hybridized carbons (Fsp3) is 0.143. The second-order valence-electron chi connectivity index (χ2n) is 5.77. The summed E-state index contributed by atoms with van der Waals surface area (Å²) in [5.41, 5.74) is 2.11. The van der Waals surface area contributed by atoms with Gasteiger partial charge in [0.1, 0.15) is 18.6 Å². The third-order valence-corrected chi connectivity index (χ3v) is 3.76. The third-order valence-electron chi connectivity index (χ3n) is 3.76. The van der Waals surface area contributed by atoms with Crippen molar-refractivity contribution < 1.29 is 19.1 Å². The van der Waals surface area contributed by atoms with Gasteiger partial charge in [0.15, 0.2) is 0 Å². The average Bonchev–Trinajstić information content (AvgIpc) is 2.74. The van der Waals surface area contributed by atoms with Gasteiger partial charge >= 0.3 is 5.97 Å². The van der Waals surface area contributed by atoms with Crippen molar-refractivity contribution in [3.05, 3.63) is 83.8 Å². The fourth-order valence-electron chi connectivity index (χ4n) is 2.37. The molecule has 0 radical (unpaired) electrons. The Bertz CT molecular complexity index is 943. The van der Waals surface area contributed by atoms with Gasteiger partial charge in [0.25, 0.3) is 5.91 Å². The summed E-state index contributed by atoms with van der Waals surface area (Å²) < 4.78 is 10.5. The quantitative estimate of drug-likeness (QED) is 0.634. The summed E-state index contributed by atoms with van der Waals surface area (Å²) in [6.45, 7) is 2.39. The van der Waals surface area contributed by atoms with Crippen LogP contribution in [0.5, 0.6) is 5.88 Å². The van der Waals surface area contributed by atoms with Gasteiger partial charge in [-0.05, 0) is 36.8 Å². The van der Waals surface area contributed by atoms with Gasteiger partial charge in [-0.1, -0.05) is 30.3 Å². The first-order chi connectivity index (χ1) is 13.7. The van der Waals surface area contributed by atoms with E-state index in [0.29, 0.717) is 30.3 Å². The lowest BCUT2D eigenvalue weighted by Crippen LogP contribution is -2.14. The molecule has 1 heterocycles. The number of anilines is 1.